The summed E-state index contributed by atoms with van der Waals surface area (Å²) < 4.78 is 5.49. The van der Waals surface area contributed by atoms with Gasteiger partial charge in [-0.2, -0.15) is 5.26 Å². The van der Waals surface area contributed by atoms with Gasteiger partial charge in [0.2, 0.25) is 5.91 Å². The second-order valence-electron chi connectivity index (χ2n) is 5.14. The molecule has 1 saturated heterocycles. The number of benzene rings is 1. The van der Waals surface area contributed by atoms with E-state index >= 15 is 0 Å². The molecule has 1 N–H and O–H groups in total. The van der Waals surface area contributed by atoms with Crippen LogP contribution in [0.4, 0.5) is 0 Å². The predicted octanol–water partition coefficient (Wildman–Crippen LogP) is 1.98. The summed E-state index contributed by atoms with van der Waals surface area (Å²) in [5.41, 5.74) is 0.332. The van der Waals surface area contributed by atoms with Crippen LogP contribution in [0.15, 0.2) is 30.3 Å². The van der Waals surface area contributed by atoms with Crippen molar-refractivity contribution in [3.63, 3.8) is 0 Å². The Morgan fingerprint density at radius 1 is 1.53 bits per heavy atom. The van der Waals surface area contributed by atoms with Gasteiger partial charge in [0, 0.05) is 6.61 Å². The minimum absolute atomic E-state index is 0.0356. The van der Waals surface area contributed by atoms with Crippen LogP contribution < -0.4 is 5.32 Å². The van der Waals surface area contributed by atoms with E-state index in [1.165, 1.54) is 0 Å². The summed E-state index contributed by atoms with van der Waals surface area (Å²) in [7, 11) is 0. The second kappa shape index (κ2) is 5.41. The number of nitrogens with zero attached hydrogens (tertiary/aromatic N) is 1. The zero-order valence-corrected chi connectivity index (χ0v) is 11.2. The summed E-state index contributed by atoms with van der Waals surface area (Å²) >= 11 is 0. The molecule has 100 valence electrons. The lowest BCUT2D eigenvalue weighted by atomic mass is 9.92. The Morgan fingerprint density at radius 2 is 2.21 bits per heavy atom. The number of nitriles is 1. The molecule has 3 atom stereocenters. The summed E-state index contributed by atoms with van der Waals surface area (Å²) in [6.07, 6.45) is 0.735. The van der Waals surface area contributed by atoms with Gasteiger partial charge in [0.15, 0.2) is 0 Å². The average molecular weight is 258 g/mol. The Bertz CT molecular complexity index is 495. The molecule has 0 aliphatic carbocycles. The van der Waals surface area contributed by atoms with Crippen molar-refractivity contribution in [3.8, 4) is 6.07 Å². The summed E-state index contributed by atoms with van der Waals surface area (Å²) in [6.45, 7) is 4.54. The van der Waals surface area contributed by atoms with Gasteiger partial charge in [0.05, 0.1) is 17.7 Å². The smallest absolute Gasteiger partial charge is 0.242 e. The highest BCUT2D eigenvalue weighted by Gasteiger charge is 2.39. The van der Waals surface area contributed by atoms with Crippen LogP contribution in [0.2, 0.25) is 0 Å². The van der Waals surface area contributed by atoms with Crippen LogP contribution in [0.1, 0.15) is 31.7 Å². The molecule has 3 unspecified atom stereocenters. The largest absolute Gasteiger partial charge is 0.376 e. The number of rotatable bonds is 3. The molecule has 0 bridgehead atoms. The Balaban J connectivity index is 2.13. The molecule has 1 amide bonds. The van der Waals surface area contributed by atoms with Gasteiger partial charge < -0.3 is 10.1 Å². The highest BCUT2D eigenvalue weighted by molar-refractivity contribution is 5.87. The van der Waals surface area contributed by atoms with Crippen molar-refractivity contribution in [1.82, 2.24) is 5.32 Å². The van der Waals surface area contributed by atoms with Crippen LogP contribution in [0.25, 0.3) is 0 Å². The number of carbonyl (C=O) groups excluding carboxylic acids is 1. The van der Waals surface area contributed by atoms with E-state index in [-0.39, 0.29) is 17.6 Å². The zero-order valence-electron chi connectivity index (χ0n) is 11.2. The van der Waals surface area contributed by atoms with Gasteiger partial charge in [-0.1, -0.05) is 30.3 Å². The lowest BCUT2D eigenvalue weighted by Crippen LogP contribution is -2.51. The van der Waals surface area contributed by atoms with Crippen molar-refractivity contribution in [2.75, 3.05) is 6.61 Å². The second-order valence-corrected chi connectivity index (χ2v) is 5.14. The maximum absolute atomic E-state index is 12.3. The third-order valence-electron chi connectivity index (χ3n) is 3.82. The molecule has 4 heteroatoms. The van der Waals surface area contributed by atoms with E-state index in [0.29, 0.717) is 6.61 Å². The molecule has 1 heterocycles. The monoisotopic (exact) mass is 258 g/mol. The van der Waals surface area contributed by atoms with Crippen molar-refractivity contribution in [1.29, 1.82) is 5.26 Å². The Labute approximate surface area is 113 Å². The number of amides is 1. The van der Waals surface area contributed by atoms with E-state index in [1.807, 2.05) is 32.0 Å². The first-order chi connectivity index (χ1) is 9.07. The number of carbonyl (C=O) groups is 1. The Hall–Kier alpha value is -1.86. The number of hydrogen-bond donors (Lipinski definition) is 1. The molecular weight excluding hydrogens is 240 g/mol. The Morgan fingerprint density at radius 3 is 2.74 bits per heavy atom. The normalized spacial score (nSPS) is 27.5. The maximum Gasteiger partial charge on any atom is 0.242 e. The lowest BCUT2D eigenvalue weighted by molar-refractivity contribution is -0.123. The molecule has 1 fully saturated rings. The first-order valence-corrected chi connectivity index (χ1v) is 6.45. The molecule has 1 aromatic carbocycles. The lowest BCUT2D eigenvalue weighted by Gasteiger charge is -2.29. The molecule has 19 heavy (non-hydrogen) atoms. The molecule has 0 saturated carbocycles. The third kappa shape index (κ3) is 2.77. The summed E-state index contributed by atoms with van der Waals surface area (Å²) in [5.74, 6) is -1.03. The fourth-order valence-electron chi connectivity index (χ4n) is 2.28. The minimum atomic E-state index is -0.772. The molecule has 1 aliphatic rings. The van der Waals surface area contributed by atoms with Crippen LogP contribution in [-0.4, -0.2) is 24.2 Å². The zero-order chi connectivity index (χ0) is 13.9. The van der Waals surface area contributed by atoms with Gasteiger partial charge in [0.25, 0.3) is 0 Å². The number of hydrogen-bond acceptors (Lipinski definition) is 3. The summed E-state index contributed by atoms with van der Waals surface area (Å²) in [5, 5.41) is 12.2. The molecule has 0 radical (unpaired) electrons. The molecule has 1 aromatic rings. The van der Waals surface area contributed by atoms with E-state index in [0.717, 1.165) is 12.0 Å². The van der Waals surface area contributed by atoms with Gasteiger partial charge in [-0.15, -0.1) is 0 Å². The molecule has 0 spiro atoms. The van der Waals surface area contributed by atoms with Crippen molar-refractivity contribution in [3.05, 3.63) is 35.9 Å². The van der Waals surface area contributed by atoms with E-state index in [1.54, 1.807) is 12.1 Å². The third-order valence-corrected chi connectivity index (χ3v) is 3.82. The highest BCUT2D eigenvalue weighted by atomic mass is 16.5. The topological polar surface area (TPSA) is 62.1 Å². The van der Waals surface area contributed by atoms with Crippen molar-refractivity contribution >= 4 is 5.91 Å². The first-order valence-electron chi connectivity index (χ1n) is 6.45. The fraction of sp³-hybridized carbons (Fsp3) is 0.467. The standard InChI is InChI=1S/C15H18N2O2/c1-11-15(2,8-9-19-11)17-14(18)13(10-16)12-6-4-3-5-7-12/h3-7,11,13H,8-9H2,1-2H3,(H,17,18). The van der Waals surface area contributed by atoms with Gasteiger partial charge in [-0.3, -0.25) is 4.79 Å². The average Bonchev–Trinajstić information content (AvgIpc) is 2.71. The van der Waals surface area contributed by atoms with Crippen LogP contribution in [0, 0.1) is 11.3 Å². The summed E-state index contributed by atoms with van der Waals surface area (Å²) in [4.78, 5) is 12.3. The quantitative estimate of drug-likeness (QED) is 0.901. The van der Waals surface area contributed by atoms with Crippen LogP contribution >= 0.6 is 0 Å². The first kappa shape index (κ1) is 13.6. The van der Waals surface area contributed by atoms with E-state index in [4.69, 9.17) is 4.74 Å². The van der Waals surface area contributed by atoms with E-state index < -0.39 is 5.92 Å². The van der Waals surface area contributed by atoms with Crippen molar-refractivity contribution < 1.29 is 9.53 Å². The van der Waals surface area contributed by atoms with Crippen LogP contribution in [0.5, 0.6) is 0 Å². The maximum atomic E-state index is 12.3. The predicted molar refractivity (Wildman–Crippen MR) is 71.4 cm³/mol. The minimum Gasteiger partial charge on any atom is -0.376 e. The van der Waals surface area contributed by atoms with Gasteiger partial charge >= 0.3 is 0 Å². The molecule has 4 nitrogen and oxygen atoms in total. The van der Waals surface area contributed by atoms with Gasteiger partial charge in [-0.25, -0.2) is 0 Å². The summed E-state index contributed by atoms with van der Waals surface area (Å²) in [6, 6.07) is 11.2. The molecular formula is C15H18N2O2. The number of ether oxygens (including phenoxy) is 1. The SMILES string of the molecule is CC1OCCC1(C)NC(=O)C(C#N)c1ccccc1. The molecule has 1 aliphatic heterocycles. The highest BCUT2D eigenvalue weighted by Crippen LogP contribution is 2.26. The van der Waals surface area contributed by atoms with Crippen molar-refractivity contribution in [2.24, 2.45) is 0 Å². The van der Waals surface area contributed by atoms with Gasteiger partial charge in [-0.05, 0) is 25.8 Å². The van der Waals surface area contributed by atoms with Crippen LogP contribution in [-0.2, 0) is 9.53 Å². The van der Waals surface area contributed by atoms with E-state index in [2.05, 4.69) is 11.4 Å². The number of nitrogens with one attached hydrogen (secondary N) is 1. The van der Waals surface area contributed by atoms with E-state index in [9.17, 15) is 10.1 Å². The molecule has 0 aromatic heterocycles. The Kier molecular flexibility index (Phi) is 3.87. The van der Waals surface area contributed by atoms with Crippen LogP contribution in [0.3, 0.4) is 0 Å². The fourth-order valence-corrected chi connectivity index (χ4v) is 2.28. The molecule has 2 rings (SSSR count). The van der Waals surface area contributed by atoms with Gasteiger partial charge in [0.1, 0.15) is 5.92 Å². The van der Waals surface area contributed by atoms with Crippen molar-refractivity contribution in [2.45, 2.75) is 37.8 Å².